The summed E-state index contributed by atoms with van der Waals surface area (Å²) in [5.41, 5.74) is 9.67. The number of nitrogens with two attached hydrogens (primary N) is 1. The van der Waals surface area contributed by atoms with E-state index in [1.165, 1.54) is 6.33 Å². The van der Waals surface area contributed by atoms with Crippen molar-refractivity contribution in [3.8, 4) is 17.1 Å². The van der Waals surface area contributed by atoms with Crippen molar-refractivity contribution in [1.29, 1.82) is 5.41 Å². The van der Waals surface area contributed by atoms with Crippen molar-refractivity contribution in [1.82, 2.24) is 24.7 Å². The topological polar surface area (TPSA) is 146 Å². The largest absolute Gasteiger partial charge is 0.497 e. The van der Waals surface area contributed by atoms with Crippen LogP contribution < -0.4 is 21.1 Å². The summed E-state index contributed by atoms with van der Waals surface area (Å²) in [6.45, 7) is 4.31. The Morgan fingerprint density at radius 1 is 1.17 bits per heavy atom. The molecule has 3 aromatic heterocycles. The minimum Gasteiger partial charge on any atom is -0.497 e. The molecule has 0 aliphatic carbocycles. The maximum atomic E-state index is 9.86. The number of hydrogen-bond acceptors (Lipinski definition) is 8. The molecule has 0 saturated heterocycles. The van der Waals surface area contributed by atoms with Gasteiger partial charge in [-0.1, -0.05) is 24.3 Å². The first-order valence-corrected chi connectivity index (χ1v) is 11.4. The number of pyridine rings is 1. The lowest BCUT2D eigenvalue weighted by molar-refractivity contribution is 0.0836. The third-order valence-corrected chi connectivity index (χ3v) is 5.46. The van der Waals surface area contributed by atoms with E-state index in [0.29, 0.717) is 24.5 Å². The number of ether oxygens (including phenoxy) is 1. The molecular weight excluding hydrogens is 456 g/mol. The Hall–Kier alpha value is -4.44. The first-order valence-electron chi connectivity index (χ1n) is 11.4. The third-order valence-electron chi connectivity index (χ3n) is 5.46. The number of fused-ring (bicyclic) bond motifs is 1. The number of amidine groups is 1. The SMILES string of the molecule is COc1ccn2c(-c3cc(NCc4ccc(/C(=C/NCC(C)(C)O)C(=N)N)cc4)ncn3)cnc2c1. The van der Waals surface area contributed by atoms with Crippen LogP contribution in [0, 0.1) is 5.41 Å². The molecule has 10 heteroatoms. The molecule has 10 nitrogen and oxygen atoms in total. The van der Waals surface area contributed by atoms with Gasteiger partial charge in [0.1, 0.15) is 29.4 Å². The summed E-state index contributed by atoms with van der Waals surface area (Å²) in [7, 11) is 1.63. The fourth-order valence-corrected chi connectivity index (χ4v) is 3.59. The normalized spacial score (nSPS) is 11.9. The lowest BCUT2D eigenvalue weighted by Crippen LogP contribution is -2.32. The molecule has 0 fully saturated rings. The van der Waals surface area contributed by atoms with E-state index in [1.807, 2.05) is 53.1 Å². The molecule has 0 aliphatic heterocycles. The lowest BCUT2D eigenvalue weighted by atomic mass is 10.0. The first kappa shape index (κ1) is 24.7. The van der Waals surface area contributed by atoms with Crippen molar-refractivity contribution < 1.29 is 9.84 Å². The molecule has 0 radical (unpaired) electrons. The quantitative estimate of drug-likeness (QED) is 0.170. The molecule has 6 N–H and O–H groups in total. The highest BCUT2D eigenvalue weighted by molar-refractivity contribution is 6.20. The van der Waals surface area contributed by atoms with Crippen molar-refractivity contribution >= 4 is 22.9 Å². The molecule has 0 amide bonds. The number of nitrogens with one attached hydrogen (secondary N) is 3. The van der Waals surface area contributed by atoms with Gasteiger partial charge in [0.15, 0.2) is 0 Å². The van der Waals surface area contributed by atoms with Crippen molar-refractivity contribution in [2.24, 2.45) is 5.73 Å². The molecule has 1 aromatic carbocycles. The van der Waals surface area contributed by atoms with Crippen LogP contribution in [0.5, 0.6) is 5.75 Å². The average molecular weight is 487 g/mol. The lowest BCUT2D eigenvalue weighted by Gasteiger charge is -2.17. The number of imidazole rings is 1. The van der Waals surface area contributed by atoms with E-state index in [2.05, 4.69) is 25.6 Å². The maximum absolute atomic E-state index is 9.86. The summed E-state index contributed by atoms with van der Waals surface area (Å²) in [4.78, 5) is 13.2. The van der Waals surface area contributed by atoms with Crippen molar-refractivity contribution in [2.75, 3.05) is 19.0 Å². The van der Waals surface area contributed by atoms with E-state index in [1.54, 1.807) is 33.4 Å². The van der Waals surface area contributed by atoms with Crippen molar-refractivity contribution in [3.05, 3.63) is 78.5 Å². The number of aliphatic hydroxyl groups is 1. The number of aromatic nitrogens is 4. The van der Waals surface area contributed by atoms with E-state index < -0.39 is 5.60 Å². The minimum absolute atomic E-state index is 0.0523. The van der Waals surface area contributed by atoms with E-state index in [0.717, 1.165) is 33.9 Å². The van der Waals surface area contributed by atoms with Gasteiger partial charge in [-0.2, -0.15) is 0 Å². The van der Waals surface area contributed by atoms with Gasteiger partial charge in [0.25, 0.3) is 0 Å². The number of hydrogen-bond donors (Lipinski definition) is 5. The number of nitrogens with zero attached hydrogens (tertiary/aromatic N) is 4. The van der Waals surface area contributed by atoms with E-state index >= 15 is 0 Å². The molecule has 36 heavy (non-hydrogen) atoms. The second-order valence-corrected chi connectivity index (χ2v) is 8.94. The highest BCUT2D eigenvalue weighted by Crippen LogP contribution is 2.23. The Bertz CT molecular complexity index is 1390. The van der Waals surface area contributed by atoms with Crippen LogP contribution in [-0.4, -0.2) is 49.6 Å². The summed E-state index contributed by atoms with van der Waals surface area (Å²) in [5, 5.41) is 24.1. The molecule has 0 unspecified atom stereocenters. The van der Waals surface area contributed by atoms with Gasteiger partial charge in [-0.3, -0.25) is 9.81 Å². The molecule has 0 bridgehead atoms. The first-order chi connectivity index (χ1) is 17.2. The average Bonchev–Trinajstić information content (AvgIpc) is 3.28. The summed E-state index contributed by atoms with van der Waals surface area (Å²) in [6, 6.07) is 13.4. The summed E-state index contributed by atoms with van der Waals surface area (Å²) < 4.78 is 7.22. The third kappa shape index (κ3) is 5.97. The molecule has 0 aliphatic rings. The van der Waals surface area contributed by atoms with Gasteiger partial charge in [-0.25, -0.2) is 15.0 Å². The van der Waals surface area contributed by atoms with Crippen molar-refractivity contribution in [2.45, 2.75) is 26.0 Å². The van der Waals surface area contributed by atoms with E-state index in [4.69, 9.17) is 15.9 Å². The number of rotatable bonds is 10. The van der Waals surface area contributed by atoms with Gasteiger partial charge < -0.3 is 26.2 Å². The summed E-state index contributed by atoms with van der Waals surface area (Å²) >= 11 is 0. The Morgan fingerprint density at radius 3 is 2.64 bits per heavy atom. The van der Waals surface area contributed by atoms with Gasteiger partial charge in [0.05, 0.1) is 30.3 Å². The van der Waals surface area contributed by atoms with Crippen LogP contribution >= 0.6 is 0 Å². The van der Waals surface area contributed by atoms with Crippen LogP contribution in [0.15, 0.2) is 67.4 Å². The Kier molecular flexibility index (Phi) is 7.16. The van der Waals surface area contributed by atoms with Crippen molar-refractivity contribution in [3.63, 3.8) is 0 Å². The van der Waals surface area contributed by atoms with Crippen LogP contribution in [0.2, 0.25) is 0 Å². The Balaban J connectivity index is 1.44. The van der Waals surface area contributed by atoms with Crippen LogP contribution in [0.3, 0.4) is 0 Å². The minimum atomic E-state index is -0.868. The zero-order valence-electron chi connectivity index (χ0n) is 20.5. The second-order valence-electron chi connectivity index (χ2n) is 8.94. The van der Waals surface area contributed by atoms with Gasteiger partial charge >= 0.3 is 0 Å². The standard InChI is InChI=1S/C26H30N8O2/c1-26(2,35)15-29-13-20(25(27)28)18-6-4-17(5-7-18)12-30-23-11-21(32-16-33-23)22-14-31-24-10-19(36-3)8-9-34(22)24/h4-11,13-14,16,29,35H,12,15H2,1-3H3,(H3,27,28)(H,30,32,33)/b20-13-. The van der Waals surface area contributed by atoms with Crippen LogP contribution in [0.25, 0.3) is 22.6 Å². The number of methoxy groups -OCH3 is 1. The zero-order chi connectivity index (χ0) is 25.7. The van der Waals surface area contributed by atoms with E-state index in [9.17, 15) is 5.11 Å². The van der Waals surface area contributed by atoms with Gasteiger partial charge in [-0.05, 0) is 31.0 Å². The molecule has 0 spiro atoms. The Morgan fingerprint density at radius 2 is 1.94 bits per heavy atom. The highest BCUT2D eigenvalue weighted by Gasteiger charge is 2.12. The van der Waals surface area contributed by atoms with E-state index in [-0.39, 0.29) is 5.84 Å². The number of benzene rings is 1. The predicted molar refractivity (Wildman–Crippen MR) is 141 cm³/mol. The molecule has 186 valence electrons. The van der Waals surface area contributed by atoms with Crippen LogP contribution in [0.4, 0.5) is 5.82 Å². The molecule has 4 aromatic rings. The van der Waals surface area contributed by atoms with Gasteiger partial charge in [-0.15, -0.1) is 0 Å². The molecule has 0 atom stereocenters. The Labute approximate surface area is 209 Å². The monoisotopic (exact) mass is 486 g/mol. The highest BCUT2D eigenvalue weighted by atomic mass is 16.5. The zero-order valence-corrected chi connectivity index (χ0v) is 20.5. The van der Waals surface area contributed by atoms with Gasteiger partial charge in [0.2, 0.25) is 0 Å². The second kappa shape index (κ2) is 10.4. The fourth-order valence-electron chi connectivity index (χ4n) is 3.59. The van der Waals surface area contributed by atoms with Crippen LogP contribution in [0.1, 0.15) is 25.0 Å². The summed E-state index contributed by atoms with van der Waals surface area (Å²) in [6.07, 6.45) is 6.86. The summed E-state index contributed by atoms with van der Waals surface area (Å²) in [5.74, 6) is 1.38. The molecule has 4 rings (SSSR count). The smallest absolute Gasteiger partial charge is 0.140 e. The predicted octanol–water partition coefficient (Wildman–Crippen LogP) is 3.05. The molecule has 0 saturated carbocycles. The molecule has 3 heterocycles. The van der Waals surface area contributed by atoms with Gasteiger partial charge in [0, 0.05) is 43.2 Å². The number of anilines is 1. The fraction of sp³-hybridized carbons (Fsp3) is 0.231. The van der Waals surface area contributed by atoms with Crippen LogP contribution in [-0.2, 0) is 6.54 Å². The maximum Gasteiger partial charge on any atom is 0.140 e. The molecular formula is C26H30N8O2.